The minimum atomic E-state index is -0.0999. The average Bonchev–Trinajstić information content (AvgIpc) is 2.81. The van der Waals surface area contributed by atoms with Crippen LogP contribution in [0.2, 0.25) is 0 Å². The van der Waals surface area contributed by atoms with E-state index in [1.165, 1.54) is 21.0 Å². The number of ether oxygens (including phenoxy) is 1. The SMILES string of the molecule is CCOC(=O)CCN1CCN2c3ccccc3Sc3ccccc3C2C1. The van der Waals surface area contributed by atoms with Gasteiger partial charge in [-0.05, 0) is 30.7 Å². The van der Waals surface area contributed by atoms with Gasteiger partial charge in [-0.25, -0.2) is 0 Å². The Morgan fingerprint density at radius 3 is 2.73 bits per heavy atom. The Bertz CT molecular complexity index is 795. The standard InChI is InChI=1S/C21H24N2O2S/c1-2-25-21(24)11-12-22-13-14-23-17-8-4-6-10-20(17)26-19-9-5-3-7-16(19)18(23)15-22/h3-10,18H,2,11-15H2,1H3. The number of anilines is 1. The van der Waals surface area contributed by atoms with Crippen molar-refractivity contribution in [2.45, 2.75) is 29.2 Å². The van der Waals surface area contributed by atoms with Gasteiger partial charge in [0.05, 0.1) is 24.8 Å². The fourth-order valence-corrected chi connectivity index (χ4v) is 4.97. The molecule has 0 saturated carbocycles. The van der Waals surface area contributed by atoms with Crippen LogP contribution < -0.4 is 4.90 Å². The number of rotatable bonds is 4. The van der Waals surface area contributed by atoms with Crippen molar-refractivity contribution in [3.63, 3.8) is 0 Å². The zero-order valence-corrected chi connectivity index (χ0v) is 15.9. The maximum Gasteiger partial charge on any atom is 0.307 e. The summed E-state index contributed by atoms with van der Waals surface area (Å²) in [4.78, 5) is 19.3. The van der Waals surface area contributed by atoms with Crippen LogP contribution in [0.1, 0.15) is 24.9 Å². The lowest BCUT2D eigenvalue weighted by molar-refractivity contribution is -0.143. The third-order valence-corrected chi connectivity index (χ3v) is 6.23. The van der Waals surface area contributed by atoms with Gasteiger partial charge in [-0.2, -0.15) is 0 Å². The van der Waals surface area contributed by atoms with E-state index in [0.29, 0.717) is 19.1 Å². The monoisotopic (exact) mass is 368 g/mol. The van der Waals surface area contributed by atoms with Crippen LogP contribution in [-0.4, -0.2) is 43.7 Å². The maximum absolute atomic E-state index is 11.7. The number of carbonyl (C=O) groups excluding carboxylic acids is 1. The molecule has 2 aromatic carbocycles. The molecular weight excluding hydrogens is 344 g/mol. The number of esters is 1. The molecule has 26 heavy (non-hydrogen) atoms. The predicted octanol–water partition coefficient (Wildman–Crippen LogP) is 3.97. The van der Waals surface area contributed by atoms with Gasteiger partial charge in [0.1, 0.15) is 0 Å². The molecule has 2 aromatic rings. The lowest BCUT2D eigenvalue weighted by Crippen LogP contribution is -2.49. The van der Waals surface area contributed by atoms with Crippen LogP contribution in [0, 0.1) is 0 Å². The van der Waals surface area contributed by atoms with Crippen molar-refractivity contribution >= 4 is 23.4 Å². The second-order valence-electron chi connectivity index (χ2n) is 6.67. The summed E-state index contributed by atoms with van der Waals surface area (Å²) < 4.78 is 5.08. The molecule has 1 saturated heterocycles. The van der Waals surface area contributed by atoms with Crippen molar-refractivity contribution < 1.29 is 9.53 Å². The highest BCUT2D eigenvalue weighted by Gasteiger charge is 2.33. The Morgan fingerprint density at radius 1 is 1.12 bits per heavy atom. The van der Waals surface area contributed by atoms with Crippen molar-refractivity contribution in [3.8, 4) is 0 Å². The number of para-hydroxylation sites is 1. The fraction of sp³-hybridized carbons (Fsp3) is 0.381. The molecule has 2 aliphatic rings. The van der Waals surface area contributed by atoms with Gasteiger partial charge in [-0.1, -0.05) is 42.1 Å². The van der Waals surface area contributed by atoms with E-state index in [-0.39, 0.29) is 5.97 Å². The normalized spacial score (nSPS) is 19.1. The first-order chi connectivity index (χ1) is 12.8. The predicted molar refractivity (Wildman–Crippen MR) is 105 cm³/mol. The van der Waals surface area contributed by atoms with Crippen molar-refractivity contribution in [2.75, 3.05) is 37.7 Å². The second kappa shape index (κ2) is 7.72. The Morgan fingerprint density at radius 2 is 1.88 bits per heavy atom. The van der Waals surface area contributed by atoms with Gasteiger partial charge in [-0.3, -0.25) is 9.69 Å². The van der Waals surface area contributed by atoms with Crippen LogP contribution in [0.5, 0.6) is 0 Å². The summed E-state index contributed by atoms with van der Waals surface area (Å²) in [7, 11) is 0. The molecule has 0 amide bonds. The third-order valence-electron chi connectivity index (χ3n) is 5.07. The van der Waals surface area contributed by atoms with E-state index in [9.17, 15) is 4.79 Å². The molecule has 0 spiro atoms. The molecule has 0 aromatic heterocycles. The van der Waals surface area contributed by atoms with Gasteiger partial charge in [0.25, 0.3) is 0 Å². The van der Waals surface area contributed by atoms with Gasteiger partial charge in [0.15, 0.2) is 0 Å². The van der Waals surface area contributed by atoms with E-state index >= 15 is 0 Å². The van der Waals surface area contributed by atoms with Gasteiger partial charge in [-0.15, -0.1) is 0 Å². The highest BCUT2D eigenvalue weighted by Crippen LogP contribution is 2.46. The van der Waals surface area contributed by atoms with Crippen LogP contribution >= 0.6 is 11.8 Å². The summed E-state index contributed by atoms with van der Waals surface area (Å²) in [5, 5.41) is 0. The molecule has 136 valence electrons. The number of benzene rings is 2. The zero-order valence-electron chi connectivity index (χ0n) is 15.1. The van der Waals surface area contributed by atoms with E-state index in [0.717, 1.165) is 26.2 Å². The van der Waals surface area contributed by atoms with E-state index < -0.39 is 0 Å². The van der Waals surface area contributed by atoms with Crippen LogP contribution in [-0.2, 0) is 9.53 Å². The first-order valence-electron chi connectivity index (χ1n) is 9.26. The Kier molecular flexibility index (Phi) is 5.18. The van der Waals surface area contributed by atoms with E-state index in [1.54, 1.807) is 0 Å². The van der Waals surface area contributed by atoms with Gasteiger partial charge in [0, 0.05) is 36.0 Å². The molecule has 4 nitrogen and oxygen atoms in total. The summed E-state index contributed by atoms with van der Waals surface area (Å²) in [6, 6.07) is 17.7. The Balaban J connectivity index is 1.59. The number of hydrogen-bond donors (Lipinski definition) is 0. The van der Waals surface area contributed by atoms with E-state index in [1.807, 2.05) is 18.7 Å². The van der Waals surface area contributed by atoms with Crippen LogP contribution in [0.3, 0.4) is 0 Å². The zero-order chi connectivity index (χ0) is 17.9. The topological polar surface area (TPSA) is 32.8 Å². The fourth-order valence-electron chi connectivity index (χ4n) is 3.83. The minimum absolute atomic E-state index is 0.0999. The smallest absolute Gasteiger partial charge is 0.307 e. The summed E-state index contributed by atoms with van der Waals surface area (Å²) in [6.07, 6.45) is 0.466. The summed E-state index contributed by atoms with van der Waals surface area (Å²) >= 11 is 1.86. The van der Waals surface area contributed by atoms with Gasteiger partial charge in [0.2, 0.25) is 0 Å². The molecule has 0 N–H and O–H groups in total. The summed E-state index contributed by atoms with van der Waals surface area (Å²) in [5.41, 5.74) is 2.71. The molecule has 1 fully saturated rings. The third kappa shape index (κ3) is 3.46. The lowest BCUT2D eigenvalue weighted by atomic mass is 10.0. The van der Waals surface area contributed by atoms with Crippen molar-refractivity contribution in [2.24, 2.45) is 0 Å². The van der Waals surface area contributed by atoms with E-state index in [2.05, 4.69) is 58.3 Å². The number of fused-ring (bicyclic) bond motifs is 5. The molecule has 0 bridgehead atoms. The number of piperazine rings is 1. The van der Waals surface area contributed by atoms with Crippen molar-refractivity contribution in [1.82, 2.24) is 4.90 Å². The van der Waals surface area contributed by atoms with Crippen molar-refractivity contribution in [3.05, 3.63) is 54.1 Å². The van der Waals surface area contributed by atoms with Crippen molar-refractivity contribution in [1.29, 1.82) is 0 Å². The molecule has 0 aliphatic carbocycles. The Hall–Kier alpha value is -1.98. The van der Waals surface area contributed by atoms with Gasteiger partial charge >= 0.3 is 5.97 Å². The molecule has 2 aliphatic heterocycles. The van der Waals surface area contributed by atoms with Gasteiger partial charge < -0.3 is 9.64 Å². The Labute approximate surface area is 159 Å². The van der Waals surface area contributed by atoms with Crippen LogP contribution in [0.4, 0.5) is 5.69 Å². The van der Waals surface area contributed by atoms with Crippen LogP contribution in [0.15, 0.2) is 58.3 Å². The number of carbonyl (C=O) groups is 1. The molecule has 0 radical (unpaired) electrons. The minimum Gasteiger partial charge on any atom is -0.466 e. The lowest BCUT2D eigenvalue weighted by Gasteiger charge is -2.42. The highest BCUT2D eigenvalue weighted by atomic mass is 32.2. The summed E-state index contributed by atoms with van der Waals surface area (Å²) in [5.74, 6) is -0.0999. The van der Waals surface area contributed by atoms with Crippen LogP contribution in [0.25, 0.3) is 0 Å². The average molecular weight is 369 g/mol. The molecular formula is C21H24N2O2S. The first kappa shape index (κ1) is 17.4. The summed E-state index contributed by atoms with van der Waals surface area (Å²) in [6.45, 7) is 5.95. The first-order valence-corrected chi connectivity index (χ1v) is 10.1. The maximum atomic E-state index is 11.7. The highest BCUT2D eigenvalue weighted by molar-refractivity contribution is 7.99. The molecule has 4 rings (SSSR count). The number of nitrogens with zero attached hydrogens (tertiary/aromatic N) is 2. The largest absolute Gasteiger partial charge is 0.466 e. The number of hydrogen-bond acceptors (Lipinski definition) is 5. The molecule has 1 unspecified atom stereocenters. The molecule has 5 heteroatoms. The quantitative estimate of drug-likeness (QED) is 0.763. The molecule has 1 atom stereocenters. The second-order valence-corrected chi connectivity index (χ2v) is 7.76. The molecule has 2 heterocycles. The van der Waals surface area contributed by atoms with E-state index in [4.69, 9.17) is 4.74 Å².